The molecule has 0 radical (unpaired) electrons. The molecule has 0 fully saturated rings. The summed E-state index contributed by atoms with van der Waals surface area (Å²) in [6, 6.07) is 7.79. The van der Waals surface area contributed by atoms with Gasteiger partial charge in [0.1, 0.15) is 0 Å². The van der Waals surface area contributed by atoms with Crippen LogP contribution in [0.2, 0.25) is 0 Å². The Morgan fingerprint density at radius 3 is 2.93 bits per heavy atom. The second-order valence-electron chi connectivity index (χ2n) is 3.33. The van der Waals surface area contributed by atoms with Crippen LogP contribution in [-0.2, 0) is 4.79 Å². The van der Waals surface area contributed by atoms with Crippen molar-refractivity contribution in [3.05, 3.63) is 47.7 Å². The highest BCUT2D eigenvalue weighted by atomic mass is 16.4. The fourth-order valence-electron chi connectivity index (χ4n) is 1.50. The molecule has 1 aliphatic rings. The van der Waals surface area contributed by atoms with Crippen molar-refractivity contribution in [3.8, 4) is 0 Å². The molecule has 0 atom stereocenters. The predicted molar refractivity (Wildman–Crippen MR) is 59.4 cm³/mol. The first-order valence-corrected chi connectivity index (χ1v) is 4.71. The van der Waals surface area contributed by atoms with Gasteiger partial charge in [-0.3, -0.25) is 4.79 Å². The molecule has 2 N–H and O–H groups in total. The molecule has 0 saturated heterocycles. The number of benzene rings is 1. The van der Waals surface area contributed by atoms with Gasteiger partial charge >= 0.3 is 5.97 Å². The Balaban J connectivity index is 2.27. The predicted octanol–water partition coefficient (Wildman–Crippen LogP) is 2.48. The van der Waals surface area contributed by atoms with E-state index in [1.165, 1.54) is 0 Å². The molecule has 0 unspecified atom stereocenters. The molecule has 3 heteroatoms. The molecule has 0 aliphatic carbocycles. The van der Waals surface area contributed by atoms with Gasteiger partial charge in [0, 0.05) is 11.4 Å². The van der Waals surface area contributed by atoms with Crippen molar-refractivity contribution in [1.82, 2.24) is 0 Å². The highest BCUT2D eigenvalue weighted by molar-refractivity contribution is 5.76. The minimum absolute atomic E-state index is 0.0126. The summed E-state index contributed by atoms with van der Waals surface area (Å²) < 4.78 is 0. The van der Waals surface area contributed by atoms with E-state index in [-0.39, 0.29) is 6.42 Å². The molecule has 3 nitrogen and oxygen atoms in total. The minimum Gasteiger partial charge on any atom is -0.481 e. The van der Waals surface area contributed by atoms with Gasteiger partial charge in [-0.05, 0) is 17.7 Å². The summed E-state index contributed by atoms with van der Waals surface area (Å²) in [6.45, 7) is 0. The van der Waals surface area contributed by atoms with E-state index in [1.807, 2.05) is 36.4 Å². The van der Waals surface area contributed by atoms with Crippen LogP contribution >= 0.6 is 0 Å². The maximum atomic E-state index is 10.6. The first-order valence-electron chi connectivity index (χ1n) is 4.71. The van der Waals surface area contributed by atoms with Gasteiger partial charge in [0.25, 0.3) is 0 Å². The molecule has 0 saturated carbocycles. The zero-order valence-electron chi connectivity index (χ0n) is 8.10. The molecule has 15 heavy (non-hydrogen) atoms. The molecular weight excluding hydrogens is 190 g/mol. The third-order valence-electron chi connectivity index (χ3n) is 2.17. The molecule has 0 bridgehead atoms. The first kappa shape index (κ1) is 9.52. The van der Waals surface area contributed by atoms with E-state index in [9.17, 15) is 4.79 Å². The van der Waals surface area contributed by atoms with Crippen LogP contribution in [0.5, 0.6) is 0 Å². The standard InChI is InChI=1S/C12H11NO2/c14-12(15)8-10-6-3-5-9-4-1-2-7-11(9)13-10/h1-7,13H,8H2,(H,14,15). The number of hydrogen-bond donors (Lipinski definition) is 2. The lowest BCUT2D eigenvalue weighted by Crippen LogP contribution is -2.05. The maximum absolute atomic E-state index is 10.6. The Bertz CT molecular complexity index is 447. The number of allylic oxidation sites excluding steroid dienone is 2. The zero-order valence-corrected chi connectivity index (χ0v) is 8.10. The molecule has 1 aromatic rings. The molecule has 0 aromatic heterocycles. The van der Waals surface area contributed by atoms with Crippen LogP contribution in [0.15, 0.2) is 42.1 Å². The highest BCUT2D eigenvalue weighted by Gasteiger charge is 2.07. The van der Waals surface area contributed by atoms with Crippen molar-refractivity contribution >= 4 is 17.7 Å². The summed E-state index contributed by atoms with van der Waals surface area (Å²) in [4.78, 5) is 10.6. The Labute approximate surface area is 87.7 Å². The average molecular weight is 201 g/mol. The van der Waals surface area contributed by atoms with Gasteiger partial charge in [0.2, 0.25) is 0 Å². The van der Waals surface area contributed by atoms with Crippen molar-refractivity contribution in [2.75, 3.05) is 5.32 Å². The quantitative estimate of drug-likeness (QED) is 0.772. The lowest BCUT2D eigenvalue weighted by molar-refractivity contribution is -0.136. The molecule has 1 aromatic carbocycles. The lowest BCUT2D eigenvalue weighted by Gasteiger charge is -2.09. The number of hydrogen-bond acceptors (Lipinski definition) is 2. The summed E-state index contributed by atoms with van der Waals surface area (Å²) in [5.41, 5.74) is 2.71. The third-order valence-corrected chi connectivity index (χ3v) is 2.17. The van der Waals surface area contributed by atoms with Crippen LogP contribution in [0, 0.1) is 0 Å². The maximum Gasteiger partial charge on any atom is 0.309 e. The zero-order chi connectivity index (χ0) is 10.7. The van der Waals surface area contributed by atoms with E-state index in [4.69, 9.17) is 5.11 Å². The number of rotatable bonds is 2. The topological polar surface area (TPSA) is 49.3 Å². The first-order chi connectivity index (χ1) is 7.25. The second-order valence-corrected chi connectivity index (χ2v) is 3.33. The van der Waals surface area contributed by atoms with E-state index in [0.29, 0.717) is 5.70 Å². The lowest BCUT2D eigenvalue weighted by atomic mass is 10.2. The third kappa shape index (κ3) is 2.26. The Hall–Kier alpha value is -2.03. The Kier molecular flexibility index (Phi) is 2.54. The largest absolute Gasteiger partial charge is 0.481 e. The summed E-state index contributed by atoms with van der Waals surface area (Å²) in [6.07, 6.45) is 5.61. The van der Waals surface area contributed by atoms with Crippen molar-refractivity contribution in [1.29, 1.82) is 0 Å². The minimum atomic E-state index is -0.832. The fourth-order valence-corrected chi connectivity index (χ4v) is 1.50. The van der Waals surface area contributed by atoms with Crippen molar-refractivity contribution in [2.45, 2.75) is 6.42 Å². The second kappa shape index (κ2) is 4.00. The molecule has 0 amide bonds. The van der Waals surface area contributed by atoms with Gasteiger partial charge < -0.3 is 10.4 Å². The van der Waals surface area contributed by atoms with Crippen molar-refractivity contribution in [2.24, 2.45) is 0 Å². The van der Waals surface area contributed by atoms with Crippen LogP contribution in [0.4, 0.5) is 5.69 Å². The Morgan fingerprint density at radius 2 is 2.13 bits per heavy atom. The number of aliphatic carboxylic acids is 1. The SMILES string of the molecule is O=C(O)CC1=CC=Cc2ccccc2N1. The summed E-state index contributed by atoms with van der Waals surface area (Å²) in [5.74, 6) is -0.832. The van der Waals surface area contributed by atoms with Crippen LogP contribution in [0.3, 0.4) is 0 Å². The van der Waals surface area contributed by atoms with Crippen LogP contribution in [0.1, 0.15) is 12.0 Å². The molecule has 0 spiro atoms. The number of para-hydroxylation sites is 1. The molecule has 76 valence electrons. The molecular formula is C12H11NO2. The average Bonchev–Trinajstić information content (AvgIpc) is 2.38. The van der Waals surface area contributed by atoms with Gasteiger partial charge in [0.05, 0.1) is 6.42 Å². The van der Waals surface area contributed by atoms with Crippen LogP contribution in [0.25, 0.3) is 6.08 Å². The van der Waals surface area contributed by atoms with Crippen molar-refractivity contribution in [3.63, 3.8) is 0 Å². The Morgan fingerprint density at radius 1 is 1.33 bits per heavy atom. The van der Waals surface area contributed by atoms with Gasteiger partial charge in [-0.15, -0.1) is 0 Å². The van der Waals surface area contributed by atoms with E-state index in [0.717, 1.165) is 11.3 Å². The van der Waals surface area contributed by atoms with Gasteiger partial charge in [-0.1, -0.05) is 30.4 Å². The summed E-state index contributed by atoms with van der Waals surface area (Å²) in [7, 11) is 0. The monoisotopic (exact) mass is 201 g/mol. The van der Waals surface area contributed by atoms with Gasteiger partial charge in [0.15, 0.2) is 0 Å². The number of carboxylic acid groups (broad SMARTS) is 1. The van der Waals surface area contributed by atoms with Gasteiger partial charge in [-0.2, -0.15) is 0 Å². The van der Waals surface area contributed by atoms with Gasteiger partial charge in [-0.25, -0.2) is 0 Å². The number of carbonyl (C=O) groups is 1. The fraction of sp³-hybridized carbons (Fsp3) is 0.0833. The molecule has 1 aliphatic heterocycles. The molecule has 1 heterocycles. The summed E-state index contributed by atoms with van der Waals surface area (Å²) >= 11 is 0. The van der Waals surface area contributed by atoms with Crippen LogP contribution < -0.4 is 5.32 Å². The molecule has 2 rings (SSSR count). The van der Waals surface area contributed by atoms with E-state index in [2.05, 4.69) is 5.32 Å². The van der Waals surface area contributed by atoms with Crippen LogP contribution in [-0.4, -0.2) is 11.1 Å². The highest BCUT2D eigenvalue weighted by Crippen LogP contribution is 2.22. The number of fused-ring (bicyclic) bond motifs is 1. The number of nitrogens with one attached hydrogen (secondary N) is 1. The van der Waals surface area contributed by atoms with Crippen molar-refractivity contribution < 1.29 is 9.90 Å². The number of carboxylic acids is 1. The van der Waals surface area contributed by atoms with E-state index >= 15 is 0 Å². The van der Waals surface area contributed by atoms with E-state index < -0.39 is 5.97 Å². The summed E-state index contributed by atoms with van der Waals surface area (Å²) in [5, 5.41) is 11.8. The smallest absolute Gasteiger partial charge is 0.309 e. The number of anilines is 1. The normalized spacial score (nSPS) is 13.5. The van der Waals surface area contributed by atoms with E-state index in [1.54, 1.807) is 6.08 Å².